The number of esters is 1. The van der Waals surface area contributed by atoms with Crippen LogP contribution in [0.15, 0.2) is 60.7 Å². The van der Waals surface area contributed by atoms with E-state index in [2.05, 4.69) is 62.0 Å². The summed E-state index contributed by atoms with van der Waals surface area (Å²) in [5.41, 5.74) is 5.65. The zero-order chi connectivity index (χ0) is 24.9. The molecule has 1 fully saturated rings. The summed E-state index contributed by atoms with van der Waals surface area (Å²) in [5.74, 6) is 1.22. The first-order chi connectivity index (χ1) is 17.1. The van der Waals surface area contributed by atoms with Gasteiger partial charge in [0.15, 0.2) is 0 Å². The van der Waals surface area contributed by atoms with Crippen LogP contribution >= 0.6 is 0 Å². The molecule has 0 bridgehead atoms. The van der Waals surface area contributed by atoms with Crippen molar-refractivity contribution in [2.75, 3.05) is 13.2 Å². The third kappa shape index (κ3) is 9.29. The summed E-state index contributed by atoms with van der Waals surface area (Å²) < 4.78 is 5.10. The van der Waals surface area contributed by atoms with E-state index in [0.717, 1.165) is 37.5 Å². The fraction of sp³-hybridized carbons (Fsp3) is 0.531. The molecule has 0 spiro atoms. The van der Waals surface area contributed by atoms with Gasteiger partial charge in [-0.1, -0.05) is 87.7 Å². The molecule has 0 aliphatic heterocycles. The standard InChI is InChI=1S/C32H44O3/c1-3-4-5-7-26-15-19-30(20-16-26)31-21-17-29(18-22-31)14-13-28-11-9-27(10-12-28)8-6-23-35-32(34)25(2)24-33/h9-12,17-18,21-22,26,30,33H,2-8,13-16,19-20,23-24H2,1H3. The predicted octanol–water partition coefficient (Wildman–Crippen LogP) is 7.35. The van der Waals surface area contributed by atoms with Gasteiger partial charge in [-0.3, -0.25) is 0 Å². The summed E-state index contributed by atoms with van der Waals surface area (Å²) in [5, 5.41) is 8.88. The van der Waals surface area contributed by atoms with Gasteiger partial charge in [0.05, 0.1) is 18.8 Å². The number of ether oxygens (including phenoxy) is 1. The number of aryl methyl sites for hydroxylation is 3. The number of carbonyl (C=O) groups is 1. The van der Waals surface area contributed by atoms with E-state index in [1.165, 1.54) is 73.6 Å². The highest BCUT2D eigenvalue weighted by Crippen LogP contribution is 2.37. The molecular weight excluding hydrogens is 432 g/mol. The molecule has 1 aliphatic rings. The summed E-state index contributed by atoms with van der Waals surface area (Å²) in [6.07, 6.45) is 14.9. The molecule has 0 atom stereocenters. The second-order valence-electron chi connectivity index (χ2n) is 10.3. The van der Waals surface area contributed by atoms with E-state index in [-0.39, 0.29) is 12.2 Å². The van der Waals surface area contributed by atoms with Gasteiger partial charge >= 0.3 is 5.97 Å². The Morgan fingerprint density at radius 2 is 1.43 bits per heavy atom. The molecule has 2 aromatic rings. The quantitative estimate of drug-likeness (QED) is 0.176. The lowest BCUT2D eigenvalue weighted by molar-refractivity contribution is -0.139. The first kappa shape index (κ1) is 27.2. The maximum absolute atomic E-state index is 11.5. The minimum Gasteiger partial charge on any atom is -0.462 e. The van der Waals surface area contributed by atoms with Crippen LogP contribution in [0.1, 0.15) is 92.9 Å². The van der Waals surface area contributed by atoms with Gasteiger partial charge in [-0.25, -0.2) is 4.79 Å². The Labute approximate surface area is 212 Å². The molecule has 0 amide bonds. The summed E-state index contributed by atoms with van der Waals surface area (Å²) in [7, 11) is 0. The normalized spacial score (nSPS) is 17.8. The smallest absolute Gasteiger partial charge is 0.335 e. The van der Waals surface area contributed by atoms with Gasteiger partial charge in [0.2, 0.25) is 0 Å². The zero-order valence-electron chi connectivity index (χ0n) is 21.6. The molecule has 1 saturated carbocycles. The Balaban J connectivity index is 1.35. The lowest BCUT2D eigenvalue weighted by Crippen LogP contribution is -2.13. The molecule has 3 nitrogen and oxygen atoms in total. The Morgan fingerprint density at radius 3 is 2.00 bits per heavy atom. The molecule has 1 N–H and O–H groups in total. The van der Waals surface area contributed by atoms with E-state index >= 15 is 0 Å². The summed E-state index contributed by atoms with van der Waals surface area (Å²) in [6.45, 7) is 5.75. The number of hydrogen-bond acceptors (Lipinski definition) is 3. The highest BCUT2D eigenvalue weighted by atomic mass is 16.5. The number of unbranched alkanes of at least 4 members (excludes halogenated alkanes) is 2. The van der Waals surface area contributed by atoms with Crippen molar-refractivity contribution in [1.82, 2.24) is 0 Å². The lowest BCUT2D eigenvalue weighted by Gasteiger charge is -2.29. The van der Waals surface area contributed by atoms with E-state index in [1.807, 2.05) is 0 Å². The van der Waals surface area contributed by atoms with Crippen molar-refractivity contribution in [2.45, 2.75) is 89.9 Å². The van der Waals surface area contributed by atoms with Gasteiger partial charge in [0.1, 0.15) is 0 Å². The maximum atomic E-state index is 11.5. The average Bonchev–Trinajstić information content (AvgIpc) is 2.91. The van der Waals surface area contributed by atoms with Crippen LogP contribution in [0.4, 0.5) is 0 Å². The zero-order valence-corrected chi connectivity index (χ0v) is 21.6. The molecule has 3 rings (SSSR count). The number of aliphatic hydroxyl groups excluding tert-OH is 1. The molecule has 2 aromatic carbocycles. The Kier molecular flexibility index (Phi) is 11.6. The number of benzene rings is 2. The van der Waals surface area contributed by atoms with E-state index in [0.29, 0.717) is 6.61 Å². The third-order valence-electron chi connectivity index (χ3n) is 7.56. The SMILES string of the molecule is C=C(CO)C(=O)OCCCc1ccc(CCc2ccc(C3CCC(CCCCC)CC3)cc2)cc1. The number of hydrogen-bond donors (Lipinski definition) is 1. The van der Waals surface area contributed by atoms with Crippen LogP contribution < -0.4 is 0 Å². The van der Waals surface area contributed by atoms with Crippen LogP contribution in [-0.4, -0.2) is 24.3 Å². The third-order valence-corrected chi connectivity index (χ3v) is 7.56. The van der Waals surface area contributed by atoms with Crippen LogP contribution in [0.25, 0.3) is 0 Å². The van der Waals surface area contributed by atoms with Gasteiger partial charge in [-0.05, 0) is 85.5 Å². The van der Waals surface area contributed by atoms with Crippen LogP contribution in [0.2, 0.25) is 0 Å². The monoisotopic (exact) mass is 476 g/mol. The molecule has 0 heterocycles. The fourth-order valence-electron chi connectivity index (χ4n) is 5.19. The number of aliphatic hydroxyl groups is 1. The Hall–Kier alpha value is -2.39. The number of rotatable bonds is 14. The van der Waals surface area contributed by atoms with Crippen LogP contribution in [0.5, 0.6) is 0 Å². The summed E-state index contributed by atoms with van der Waals surface area (Å²) >= 11 is 0. The van der Waals surface area contributed by atoms with Crippen LogP contribution in [0.3, 0.4) is 0 Å². The molecule has 35 heavy (non-hydrogen) atoms. The molecule has 3 heteroatoms. The molecule has 190 valence electrons. The largest absolute Gasteiger partial charge is 0.462 e. The van der Waals surface area contributed by atoms with E-state index in [4.69, 9.17) is 9.84 Å². The number of carbonyl (C=O) groups excluding carboxylic acids is 1. The summed E-state index contributed by atoms with van der Waals surface area (Å²) in [4.78, 5) is 11.5. The molecule has 0 saturated heterocycles. The van der Waals surface area contributed by atoms with Crippen molar-refractivity contribution in [3.05, 3.63) is 82.9 Å². The minimum atomic E-state index is -0.513. The first-order valence-corrected chi connectivity index (χ1v) is 13.7. The van der Waals surface area contributed by atoms with E-state index in [9.17, 15) is 4.79 Å². The lowest BCUT2D eigenvalue weighted by atomic mass is 9.77. The Morgan fingerprint density at radius 1 is 0.857 bits per heavy atom. The van der Waals surface area contributed by atoms with Gasteiger partial charge < -0.3 is 9.84 Å². The topological polar surface area (TPSA) is 46.5 Å². The van der Waals surface area contributed by atoms with Crippen molar-refractivity contribution in [3.8, 4) is 0 Å². The van der Waals surface area contributed by atoms with E-state index in [1.54, 1.807) is 0 Å². The molecule has 0 unspecified atom stereocenters. The maximum Gasteiger partial charge on any atom is 0.335 e. The van der Waals surface area contributed by atoms with Gasteiger partial charge in [0.25, 0.3) is 0 Å². The molecule has 1 aliphatic carbocycles. The van der Waals surface area contributed by atoms with Crippen molar-refractivity contribution in [1.29, 1.82) is 0 Å². The first-order valence-electron chi connectivity index (χ1n) is 13.7. The second-order valence-corrected chi connectivity index (χ2v) is 10.3. The predicted molar refractivity (Wildman–Crippen MR) is 145 cm³/mol. The minimum absolute atomic E-state index is 0.101. The highest BCUT2D eigenvalue weighted by molar-refractivity contribution is 5.87. The molecular formula is C32H44O3. The fourth-order valence-corrected chi connectivity index (χ4v) is 5.19. The van der Waals surface area contributed by atoms with Crippen molar-refractivity contribution < 1.29 is 14.6 Å². The summed E-state index contributed by atoms with van der Waals surface area (Å²) in [6, 6.07) is 18.2. The van der Waals surface area contributed by atoms with Crippen molar-refractivity contribution in [2.24, 2.45) is 5.92 Å². The second kappa shape index (κ2) is 14.9. The van der Waals surface area contributed by atoms with Crippen molar-refractivity contribution in [3.63, 3.8) is 0 Å². The molecule has 0 aromatic heterocycles. The van der Waals surface area contributed by atoms with Crippen molar-refractivity contribution >= 4 is 5.97 Å². The van der Waals surface area contributed by atoms with E-state index < -0.39 is 5.97 Å². The van der Waals surface area contributed by atoms with Crippen LogP contribution in [-0.2, 0) is 28.8 Å². The van der Waals surface area contributed by atoms with Crippen LogP contribution in [0, 0.1) is 5.92 Å². The Bertz CT molecular complexity index is 889. The molecule has 0 radical (unpaired) electrons. The van der Waals surface area contributed by atoms with Gasteiger partial charge in [-0.15, -0.1) is 0 Å². The highest BCUT2D eigenvalue weighted by Gasteiger charge is 2.21. The average molecular weight is 477 g/mol. The van der Waals surface area contributed by atoms with Gasteiger partial charge in [0, 0.05) is 0 Å². The van der Waals surface area contributed by atoms with Gasteiger partial charge in [-0.2, -0.15) is 0 Å².